The van der Waals surface area contributed by atoms with Crippen LogP contribution in [0.1, 0.15) is 48.9 Å². The Kier molecular flexibility index (Phi) is 6.77. The van der Waals surface area contributed by atoms with Gasteiger partial charge < -0.3 is 15.0 Å². The molecular formula is C28H29N3O3S. The molecule has 1 unspecified atom stereocenters. The van der Waals surface area contributed by atoms with Gasteiger partial charge in [0.1, 0.15) is 0 Å². The summed E-state index contributed by atoms with van der Waals surface area (Å²) in [6.07, 6.45) is 2.61. The Morgan fingerprint density at radius 2 is 1.94 bits per heavy atom. The van der Waals surface area contributed by atoms with Crippen molar-refractivity contribution in [3.8, 4) is 0 Å². The molecule has 2 aromatic rings. The predicted octanol–water partition coefficient (Wildman–Crippen LogP) is 5.19. The molecule has 1 atom stereocenters. The van der Waals surface area contributed by atoms with E-state index in [-0.39, 0.29) is 18.9 Å². The molecule has 1 saturated carbocycles. The number of esters is 1. The first-order valence-corrected chi connectivity index (χ1v) is 13.0. The van der Waals surface area contributed by atoms with Crippen molar-refractivity contribution in [1.82, 2.24) is 10.2 Å². The fraction of sp³-hybridized carbons (Fsp3) is 0.321. The van der Waals surface area contributed by atoms with E-state index >= 15 is 0 Å². The fourth-order valence-electron chi connectivity index (χ4n) is 4.45. The molecule has 0 spiro atoms. The van der Waals surface area contributed by atoms with E-state index in [0.29, 0.717) is 17.2 Å². The van der Waals surface area contributed by atoms with Crippen LogP contribution in [0, 0.1) is 12.8 Å². The van der Waals surface area contributed by atoms with Crippen molar-refractivity contribution in [2.75, 3.05) is 13.2 Å². The van der Waals surface area contributed by atoms with E-state index in [1.165, 1.54) is 24.6 Å². The minimum Gasteiger partial charge on any atom is -0.463 e. The summed E-state index contributed by atoms with van der Waals surface area (Å²) in [4.78, 5) is 33.2. The zero-order chi connectivity index (χ0) is 24.4. The van der Waals surface area contributed by atoms with E-state index in [2.05, 4.69) is 11.4 Å². The Morgan fingerprint density at radius 3 is 2.66 bits per heavy atom. The maximum Gasteiger partial charge on any atom is 0.338 e. The predicted molar refractivity (Wildman–Crippen MR) is 139 cm³/mol. The van der Waals surface area contributed by atoms with Crippen molar-refractivity contribution in [3.05, 3.63) is 88.0 Å². The normalized spacial score (nSPS) is 19.1. The number of rotatable bonds is 8. The zero-order valence-corrected chi connectivity index (χ0v) is 20.8. The largest absolute Gasteiger partial charge is 0.463 e. The lowest BCUT2D eigenvalue weighted by atomic mass is 9.90. The van der Waals surface area contributed by atoms with E-state index in [1.54, 1.807) is 6.92 Å². The first-order chi connectivity index (χ1) is 17.0. The molecule has 180 valence electrons. The van der Waals surface area contributed by atoms with E-state index in [9.17, 15) is 9.59 Å². The fourth-order valence-corrected chi connectivity index (χ4v) is 5.37. The Morgan fingerprint density at radius 1 is 1.14 bits per heavy atom. The molecule has 0 bridgehead atoms. The van der Waals surface area contributed by atoms with E-state index < -0.39 is 12.0 Å². The number of benzene rings is 2. The molecule has 2 aromatic carbocycles. The van der Waals surface area contributed by atoms with Crippen LogP contribution in [0.4, 0.5) is 0 Å². The van der Waals surface area contributed by atoms with Crippen LogP contribution in [0.15, 0.2) is 76.3 Å². The van der Waals surface area contributed by atoms with Crippen LogP contribution in [-0.2, 0) is 14.3 Å². The summed E-state index contributed by atoms with van der Waals surface area (Å²) < 4.78 is 5.55. The van der Waals surface area contributed by atoms with Crippen LogP contribution >= 0.6 is 11.8 Å². The first-order valence-electron chi connectivity index (χ1n) is 12.1. The van der Waals surface area contributed by atoms with Crippen LogP contribution in [0.25, 0.3) is 5.70 Å². The lowest BCUT2D eigenvalue weighted by molar-refractivity contribution is -0.139. The van der Waals surface area contributed by atoms with Gasteiger partial charge in [-0.15, -0.1) is 0 Å². The SMILES string of the molecule is CCOC(=O)C1=C(c2ccccc2)N=C2SC=C(CC(=O)NCC3CC3)N2C1c1cccc(C)c1. The summed E-state index contributed by atoms with van der Waals surface area (Å²) >= 11 is 1.49. The molecule has 2 aliphatic heterocycles. The van der Waals surface area contributed by atoms with Crippen LogP contribution in [0.5, 0.6) is 0 Å². The van der Waals surface area contributed by atoms with Gasteiger partial charge in [-0.1, -0.05) is 71.9 Å². The van der Waals surface area contributed by atoms with Gasteiger partial charge in [-0.25, -0.2) is 9.79 Å². The van der Waals surface area contributed by atoms with Gasteiger partial charge in [-0.05, 0) is 43.6 Å². The summed E-state index contributed by atoms with van der Waals surface area (Å²) in [6.45, 7) is 4.84. The van der Waals surface area contributed by atoms with Crippen molar-refractivity contribution in [2.24, 2.45) is 10.9 Å². The number of aliphatic imine (C=N–C) groups is 1. The molecule has 35 heavy (non-hydrogen) atoms. The monoisotopic (exact) mass is 487 g/mol. The molecule has 1 fully saturated rings. The number of carbonyl (C=O) groups is 2. The summed E-state index contributed by atoms with van der Waals surface area (Å²) in [7, 11) is 0. The second-order valence-electron chi connectivity index (χ2n) is 9.08. The maximum atomic E-state index is 13.5. The van der Waals surface area contributed by atoms with Crippen molar-refractivity contribution in [1.29, 1.82) is 0 Å². The average Bonchev–Trinajstić information content (AvgIpc) is 3.62. The summed E-state index contributed by atoms with van der Waals surface area (Å²) in [5.74, 6) is 0.212. The maximum absolute atomic E-state index is 13.5. The van der Waals surface area contributed by atoms with Crippen molar-refractivity contribution >= 4 is 34.5 Å². The quantitative estimate of drug-likeness (QED) is 0.519. The van der Waals surface area contributed by atoms with Gasteiger partial charge in [0.05, 0.1) is 30.3 Å². The standard InChI is InChI=1S/C28H29N3O3S/c1-3-34-27(33)24-25(20-9-5-4-6-10-20)30-28-31(26(24)21-11-7-8-18(2)14-21)22(17-35-28)15-23(32)29-16-19-12-13-19/h4-11,14,17,19,26H,3,12-13,15-16H2,1-2H3,(H,29,32). The average molecular weight is 488 g/mol. The lowest BCUT2D eigenvalue weighted by Crippen LogP contribution is -2.38. The van der Waals surface area contributed by atoms with E-state index in [1.807, 2.05) is 65.8 Å². The highest BCUT2D eigenvalue weighted by Gasteiger charge is 2.42. The molecule has 1 amide bonds. The molecular weight excluding hydrogens is 458 g/mol. The first kappa shape index (κ1) is 23.4. The van der Waals surface area contributed by atoms with Crippen LogP contribution in [0.2, 0.25) is 0 Å². The van der Waals surface area contributed by atoms with Crippen molar-refractivity contribution in [2.45, 2.75) is 39.2 Å². The minimum absolute atomic E-state index is 0.0106. The lowest BCUT2D eigenvalue weighted by Gasteiger charge is -2.37. The van der Waals surface area contributed by atoms with Gasteiger partial charge in [0.2, 0.25) is 5.91 Å². The van der Waals surface area contributed by atoms with Crippen molar-refractivity contribution < 1.29 is 14.3 Å². The Hall–Kier alpha value is -3.32. The molecule has 3 aliphatic rings. The number of ether oxygens (including phenoxy) is 1. The molecule has 1 N–H and O–H groups in total. The number of nitrogens with one attached hydrogen (secondary N) is 1. The number of amidine groups is 1. The second kappa shape index (κ2) is 10.1. The van der Waals surface area contributed by atoms with Crippen molar-refractivity contribution in [3.63, 3.8) is 0 Å². The molecule has 0 saturated heterocycles. The van der Waals surface area contributed by atoms with Crippen LogP contribution in [0.3, 0.4) is 0 Å². The number of hydrogen-bond donors (Lipinski definition) is 1. The second-order valence-corrected chi connectivity index (χ2v) is 9.92. The van der Waals surface area contributed by atoms with Crippen LogP contribution in [-0.4, -0.2) is 35.1 Å². The number of nitrogens with zero attached hydrogens (tertiary/aromatic N) is 2. The highest BCUT2D eigenvalue weighted by atomic mass is 32.2. The third kappa shape index (κ3) is 5.05. The number of thioether (sulfide) groups is 1. The summed E-state index contributed by atoms with van der Waals surface area (Å²) in [5, 5.41) is 5.80. The van der Waals surface area contributed by atoms with Gasteiger partial charge in [-0.2, -0.15) is 0 Å². The van der Waals surface area contributed by atoms with E-state index in [0.717, 1.165) is 34.1 Å². The van der Waals surface area contributed by atoms with Gasteiger partial charge in [0, 0.05) is 17.8 Å². The Balaban J connectivity index is 1.59. The van der Waals surface area contributed by atoms with E-state index in [4.69, 9.17) is 9.73 Å². The highest BCUT2D eigenvalue weighted by molar-refractivity contribution is 8.16. The Labute approximate surface area is 210 Å². The molecule has 5 rings (SSSR count). The summed E-state index contributed by atoms with van der Waals surface area (Å²) in [5.41, 5.74) is 4.84. The van der Waals surface area contributed by atoms with Gasteiger partial charge in [0.15, 0.2) is 5.17 Å². The molecule has 2 heterocycles. The number of aryl methyl sites for hydroxylation is 1. The number of fused-ring (bicyclic) bond motifs is 1. The highest BCUT2D eigenvalue weighted by Crippen LogP contribution is 2.47. The smallest absolute Gasteiger partial charge is 0.338 e. The Bertz CT molecular complexity index is 1230. The topological polar surface area (TPSA) is 71.0 Å². The molecule has 6 nitrogen and oxygen atoms in total. The zero-order valence-electron chi connectivity index (χ0n) is 20.0. The third-order valence-corrected chi connectivity index (χ3v) is 7.23. The van der Waals surface area contributed by atoms with Gasteiger partial charge in [-0.3, -0.25) is 4.79 Å². The third-order valence-electron chi connectivity index (χ3n) is 6.34. The number of amides is 1. The van der Waals surface area contributed by atoms with Gasteiger partial charge >= 0.3 is 5.97 Å². The minimum atomic E-state index is -0.450. The number of hydrogen-bond acceptors (Lipinski definition) is 6. The van der Waals surface area contributed by atoms with Crippen LogP contribution < -0.4 is 5.32 Å². The molecule has 0 radical (unpaired) electrons. The molecule has 0 aromatic heterocycles. The molecule has 1 aliphatic carbocycles. The number of carbonyl (C=O) groups excluding carboxylic acids is 2. The molecule has 7 heteroatoms. The van der Waals surface area contributed by atoms with Gasteiger partial charge in [0.25, 0.3) is 0 Å². The summed E-state index contributed by atoms with van der Waals surface area (Å²) in [6, 6.07) is 17.4.